The fraction of sp³-hybridized carbons (Fsp3) is 1.00. The minimum atomic E-state index is -2.27. The summed E-state index contributed by atoms with van der Waals surface area (Å²) in [4.78, 5) is 1.58. The molecule has 13 heavy (non-hydrogen) atoms. The maximum Gasteiger partial charge on any atom is 0.251 e. The van der Waals surface area contributed by atoms with Crippen LogP contribution in [-0.2, 0) is 4.74 Å². The van der Waals surface area contributed by atoms with Gasteiger partial charge in [0.2, 0.25) is 0 Å². The first-order valence-corrected chi connectivity index (χ1v) is 4.29. The molecule has 0 rings (SSSR count). The Morgan fingerprint density at radius 2 is 2.08 bits per heavy atom. The second kappa shape index (κ2) is 7.17. The molecule has 0 spiro atoms. The lowest BCUT2D eigenvalue weighted by Gasteiger charge is -2.19. The molecule has 0 bridgehead atoms. The van der Waals surface area contributed by atoms with Crippen molar-refractivity contribution in [2.24, 2.45) is 5.73 Å². The third-order valence-electron chi connectivity index (χ3n) is 1.88. The smallest absolute Gasteiger partial charge is 0.251 e. The summed E-state index contributed by atoms with van der Waals surface area (Å²) in [5.74, 6) is 0. The largest absolute Gasteiger partial charge is 0.380 e. The number of ether oxygens (including phenoxy) is 1. The molecule has 0 saturated heterocycles. The summed E-state index contributed by atoms with van der Waals surface area (Å²) < 4.78 is 28.8. The molecule has 0 aromatic carbocycles. The molecule has 0 radical (unpaired) electrons. The van der Waals surface area contributed by atoms with Gasteiger partial charge in [0, 0.05) is 20.2 Å². The Morgan fingerprint density at radius 3 is 2.46 bits per heavy atom. The molecule has 0 saturated carbocycles. The van der Waals surface area contributed by atoms with E-state index in [9.17, 15) is 8.78 Å². The Hall–Kier alpha value is -0.260. The normalized spacial score (nSPS) is 14.1. The summed E-state index contributed by atoms with van der Waals surface area (Å²) >= 11 is 0. The Labute approximate surface area is 77.8 Å². The van der Waals surface area contributed by atoms with Crippen LogP contribution in [0.25, 0.3) is 0 Å². The van der Waals surface area contributed by atoms with Crippen molar-refractivity contribution in [1.82, 2.24) is 4.90 Å². The first-order valence-electron chi connectivity index (χ1n) is 4.29. The molecule has 0 aromatic rings. The lowest BCUT2D eigenvalue weighted by molar-refractivity contribution is 0.0715. The molecule has 3 nitrogen and oxygen atoms in total. The summed E-state index contributed by atoms with van der Waals surface area (Å²) in [7, 11) is 3.24. The van der Waals surface area contributed by atoms with Crippen molar-refractivity contribution < 1.29 is 13.5 Å². The number of nitrogens with zero attached hydrogens (tertiary/aromatic N) is 1. The average molecular weight is 196 g/mol. The van der Waals surface area contributed by atoms with Gasteiger partial charge in [0.05, 0.1) is 12.6 Å². The minimum Gasteiger partial charge on any atom is -0.380 e. The third kappa shape index (κ3) is 6.86. The van der Waals surface area contributed by atoms with Gasteiger partial charge in [0.1, 0.15) is 0 Å². The summed E-state index contributed by atoms with van der Waals surface area (Å²) in [5, 5.41) is 0. The Bertz CT molecular complexity index is 121. The molecule has 2 N–H and O–H groups in total. The van der Waals surface area contributed by atoms with Gasteiger partial charge >= 0.3 is 0 Å². The minimum absolute atomic E-state index is 0.0277. The Balaban J connectivity index is 3.49. The first-order chi connectivity index (χ1) is 6.10. The van der Waals surface area contributed by atoms with E-state index < -0.39 is 6.43 Å². The van der Waals surface area contributed by atoms with Gasteiger partial charge in [-0.1, -0.05) is 0 Å². The van der Waals surface area contributed by atoms with Crippen LogP contribution in [0.3, 0.4) is 0 Å². The Kier molecular flexibility index (Phi) is 7.03. The average Bonchev–Trinajstić information content (AvgIpc) is 2.05. The van der Waals surface area contributed by atoms with Crippen molar-refractivity contribution in [3.05, 3.63) is 0 Å². The van der Waals surface area contributed by atoms with Gasteiger partial charge in [0.15, 0.2) is 0 Å². The van der Waals surface area contributed by atoms with Crippen molar-refractivity contribution in [3.63, 3.8) is 0 Å². The van der Waals surface area contributed by atoms with Gasteiger partial charge in [-0.15, -0.1) is 0 Å². The van der Waals surface area contributed by atoms with Gasteiger partial charge in [-0.3, -0.25) is 0 Å². The maximum atomic E-state index is 11.9. The van der Waals surface area contributed by atoms with E-state index in [-0.39, 0.29) is 12.6 Å². The molecule has 0 amide bonds. The number of halogens is 2. The van der Waals surface area contributed by atoms with Gasteiger partial charge in [-0.2, -0.15) is 0 Å². The van der Waals surface area contributed by atoms with Crippen LogP contribution in [0.4, 0.5) is 8.78 Å². The number of rotatable bonds is 7. The predicted octanol–water partition coefficient (Wildman–Crippen LogP) is 0.547. The fourth-order valence-corrected chi connectivity index (χ4v) is 1.02. The Morgan fingerprint density at radius 1 is 1.46 bits per heavy atom. The van der Waals surface area contributed by atoms with E-state index in [1.807, 2.05) is 0 Å². The van der Waals surface area contributed by atoms with E-state index >= 15 is 0 Å². The lowest BCUT2D eigenvalue weighted by Crippen LogP contribution is -2.31. The summed E-state index contributed by atoms with van der Waals surface area (Å²) in [6.07, 6.45) is -1.61. The second-order valence-electron chi connectivity index (χ2n) is 3.04. The molecule has 0 aliphatic heterocycles. The highest BCUT2D eigenvalue weighted by Gasteiger charge is 2.10. The predicted molar refractivity (Wildman–Crippen MR) is 48.0 cm³/mol. The molecule has 0 heterocycles. The van der Waals surface area contributed by atoms with Crippen LogP contribution in [0.2, 0.25) is 0 Å². The van der Waals surface area contributed by atoms with Crippen molar-refractivity contribution in [2.75, 3.05) is 33.8 Å². The monoisotopic (exact) mass is 196 g/mol. The highest BCUT2D eigenvalue weighted by Crippen LogP contribution is 2.00. The molecule has 1 atom stereocenters. The highest BCUT2D eigenvalue weighted by molar-refractivity contribution is 4.61. The van der Waals surface area contributed by atoms with Crippen LogP contribution in [0.5, 0.6) is 0 Å². The summed E-state index contributed by atoms with van der Waals surface area (Å²) in [6, 6.07) is 0. The van der Waals surface area contributed by atoms with Gasteiger partial charge in [0.25, 0.3) is 6.43 Å². The van der Waals surface area contributed by atoms with Crippen molar-refractivity contribution in [3.8, 4) is 0 Å². The van der Waals surface area contributed by atoms with Crippen molar-refractivity contribution >= 4 is 0 Å². The summed E-state index contributed by atoms with van der Waals surface area (Å²) in [6.45, 7) is 0.820. The first kappa shape index (κ1) is 12.7. The lowest BCUT2D eigenvalue weighted by atomic mass is 10.2. The van der Waals surface area contributed by atoms with Crippen LogP contribution in [0.15, 0.2) is 0 Å². The van der Waals surface area contributed by atoms with Crippen molar-refractivity contribution in [2.45, 2.75) is 19.0 Å². The topological polar surface area (TPSA) is 38.5 Å². The third-order valence-corrected chi connectivity index (χ3v) is 1.88. The van der Waals surface area contributed by atoms with Crippen LogP contribution in [-0.4, -0.2) is 51.2 Å². The molecule has 80 valence electrons. The number of nitrogens with two attached hydrogens (primary N) is 1. The number of hydrogen-bond acceptors (Lipinski definition) is 3. The zero-order valence-electron chi connectivity index (χ0n) is 8.17. The molecular formula is C8H18F2N2O. The van der Waals surface area contributed by atoms with Crippen LogP contribution in [0, 0.1) is 0 Å². The van der Waals surface area contributed by atoms with E-state index in [0.29, 0.717) is 19.5 Å². The number of hydrogen-bond donors (Lipinski definition) is 1. The van der Waals surface area contributed by atoms with E-state index in [2.05, 4.69) is 0 Å². The molecule has 1 unspecified atom stereocenters. The van der Waals surface area contributed by atoms with E-state index in [1.54, 1.807) is 19.1 Å². The SMILES string of the molecule is COC(CN)CCN(C)CC(F)F. The molecule has 5 heteroatoms. The quantitative estimate of drug-likeness (QED) is 0.646. The zero-order chi connectivity index (χ0) is 10.3. The van der Waals surface area contributed by atoms with E-state index in [4.69, 9.17) is 10.5 Å². The molecule has 0 fully saturated rings. The van der Waals surface area contributed by atoms with Crippen molar-refractivity contribution in [1.29, 1.82) is 0 Å². The van der Waals surface area contributed by atoms with E-state index in [1.165, 1.54) is 0 Å². The van der Waals surface area contributed by atoms with Gasteiger partial charge < -0.3 is 15.4 Å². The zero-order valence-corrected chi connectivity index (χ0v) is 8.17. The van der Waals surface area contributed by atoms with Crippen LogP contribution >= 0.6 is 0 Å². The fourth-order valence-electron chi connectivity index (χ4n) is 1.02. The van der Waals surface area contributed by atoms with Gasteiger partial charge in [-0.05, 0) is 13.5 Å². The number of methoxy groups -OCH3 is 1. The maximum absolute atomic E-state index is 11.9. The molecule has 0 aliphatic carbocycles. The van der Waals surface area contributed by atoms with Gasteiger partial charge in [-0.25, -0.2) is 8.78 Å². The molecule has 0 aliphatic rings. The summed E-state index contributed by atoms with van der Waals surface area (Å²) in [5.41, 5.74) is 5.38. The number of alkyl halides is 2. The van der Waals surface area contributed by atoms with Crippen LogP contribution < -0.4 is 5.73 Å². The molecular weight excluding hydrogens is 178 g/mol. The second-order valence-corrected chi connectivity index (χ2v) is 3.04. The van der Waals surface area contributed by atoms with Crippen LogP contribution in [0.1, 0.15) is 6.42 Å². The molecule has 0 aromatic heterocycles. The standard InChI is InChI=1S/C8H18F2N2O/c1-12(6-8(9)10)4-3-7(5-11)13-2/h7-8H,3-6,11H2,1-2H3. The van der Waals surface area contributed by atoms with E-state index in [0.717, 1.165) is 0 Å². The highest BCUT2D eigenvalue weighted by atomic mass is 19.3.